The van der Waals surface area contributed by atoms with Crippen molar-refractivity contribution in [1.29, 1.82) is 0 Å². The molecule has 0 spiro atoms. The molecule has 0 radical (unpaired) electrons. The van der Waals surface area contributed by atoms with Gasteiger partial charge in [0.15, 0.2) is 0 Å². The number of hydrogen-bond acceptors (Lipinski definition) is 3. The fourth-order valence-corrected chi connectivity index (χ4v) is 2.92. The topological polar surface area (TPSA) is 51.2 Å². The molecule has 3 rings (SSSR count). The number of carbonyl (C=O) groups is 1. The Morgan fingerprint density at radius 2 is 2.24 bits per heavy atom. The lowest BCUT2D eigenvalue weighted by atomic mass is 10.0. The SMILES string of the molecule is CC1CC(NC(=O)c2cc3ccccc3c(Cl)n2)CCO1. The van der Waals surface area contributed by atoms with E-state index in [0.29, 0.717) is 17.5 Å². The van der Waals surface area contributed by atoms with Crippen molar-refractivity contribution in [3.05, 3.63) is 41.2 Å². The maximum absolute atomic E-state index is 12.3. The molecule has 1 fully saturated rings. The molecule has 1 saturated heterocycles. The van der Waals surface area contributed by atoms with Crippen LogP contribution in [-0.4, -0.2) is 29.6 Å². The summed E-state index contributed by atoms with van der Waals surface area (Å²) in [5.41, 5.74) is 0.359. The second-order valence-electron chi connectivity index (χ2n) is 5.40. The number of ether oxygens (including phenoxy) is 1. The van der Waals surface area contributed by atoms with Crippen molar-refractivity contribution < 1.29 is 9.53 Å². The van der Waals surface area contributed by atoms with E-state index in [1.807, 2.05) is 31.2 Å². The zero-order chi connectivity index (χ0) is 14.8. The number of amides is 1. The maximum atomic E-state index is 12.3. The van der Waals surface area contributed by atoms with Gasteiger partial charge in [0.2, 0.25) is 0 Å². The number of pyridine rings is 1. The van der Waals surface area contributed by atoms with Gasteiger partial charge >= 0.3 is 0 Å². The number of aromatic nitrogens is 1. The summed E-state index contributed by atoms with van der Waals surface area (Å²) in [5, 5.41) is 5.15. The molecule has 0 aliphatic carbocycles. The Balaban J connectivity index is 1.81. The summed E-state index contributed by atoms with van der Waals surface area (Å²) < 4.78 is 5.48. The van der Waals surface area contributed by atoms with Crippen LogP contribution in [0.5, 0.6) is 0 Å². The first-order valence-corrected chi connectivity index (χ1v) is 7.49. The van der Waals surface area contributed by atoms with Gasteiger partial charge in [-0.2, -0.15) is 0 Å². The summed E-state index contributed by atoms with van der Waals surface area (Å²) in [6.45, 7) is 2.70. The Bertz CT molecular complexity index is 674. The first-order valence-electron chi connectivity index (χ1n) is 7.11. The largest absolute Gasteiger partial charge is 0.378 e. The van der Waals surface area contributed by atoms with Crippen molar-refractivity contribution in [3.8, 4) is 0 Å². The van der Waals surface area contributed by atoms with Gasteiger partial charge in [0.1, 0.15) is 10.8 Å². The minimum absolute atomic E-state index is 0.133. The molecular formula is C16H17ClN2O2. The van der Waals surface area contributed by atoms with Gasteiger partial charge in [-0.3, -0.25) is 4.79 Å². The molecule has 1 aromatic carbocycles. The van der Waals surface area contributed by atoms with Gasteiger partial charge < -0.3 is 10.1 Å². The van der Waals surface area contributed by atoms with E-state index in [9.17, 15) is 4.79 Å². The van der Waals surface area contributed by atoms with Crippen LogP contribution in [0.3, 0.4) is 0 Å². The molecule has 110 valence electrons. The molecule has 2 aromatic rings. The van der Waals surface area contributed by atoms with Crippen LogP contribution in [0.4, 0.5) is 0 Å². The standard InChI is InChI=1S/C16H17ClN2O2/c1-10-8-12(6-7-21-10)18-16(20)14-9-11-4-2-3-5-13(11)15(17)19-14/h2-5,9-10,12H,6-8H2,1H3,(H,18,20). The molecule has 0 bridgehead atoms. The van der Waals surface area contributed by atoms with E-state index in [0.717, 1.165) is 23.6 Å². The Morgan fingerprint density at radius 3 is 3.05 bits per heavy atom. The number of fused-ring (bicyclic) bond motifs is 1. The Labute approximate surface area is 128 Å². The number of benzene rings is 1. The fourth-order valence-electron chi connectivity index (χ4n) is 2.66. The first-order chi connectivity index (χ1) is 10.1. The Kier molecular flexibility index (Phi) is 4.08. The average Bonchev–Trinajstić information content (AvgIpc) is 2.47. The van der Waals surface area contributed by atoms with Crippen molar-refractivity contribution in [1.82, 2.24) is 10.3 Å². The molecule has 1 aromatic heterocycles. The second kappa shape index (κ2) is 6.00. The molecule has 2 unspecified atom stereocenters. The van der Waals surface area contributed by atoms with Gasteiger partial charge in [0, 0.05) is 18.0 Å². The molecule has 1 aliphatic rings. The number of hydrogen-bond donors (Lipinski definition) is 1. The smallest absolute Gasteiger partial charge is 0.270 e. The lowest BCUT2D eigenvalue weighted by Crippen LogP contribution is -2.41. The monoisotopic (exact) mass is 304 g/mol. The summed E-state index contributed by atoms with van der Waals surface area (Å²) in [6, 6.07) is 9.55. The van der Waals surface area contributed by atoms with E-state index in [4.69, 9.17) is 16.3 Å². The highest BCUT2D eigenvalue weighted by Crippen LogP contribution is 2.22. The van der Waals surface area contributed by atoms with Crippen LogP contribution in [0.25, 0.3) is 10.8 Å². The summed E-state index contributed by atoms with van der Waals surface area (Å²) in [7, 11) is 0. The van der Waals surface area contributed by atoms with E-state index >= 15 is 0 Å². The number of carbonyl (C=O) groups excluding carboxylic acids is 1. The molecule has 2 heterocycles. The lowest BCUT2D eigenvalue weighted by molar-refractivity contribution is 0.0136. The van der Waals surface area contributed by atoms with Crippen molar-refractivity contribution in [3.63, 3.8) is 0 Å². The summed E-state index contributed by atoms with van der Waals surface area (Å²) in [4.78, 5) is 16.6. The van der Waals surface area contributed by atoms with Crippen LogP contribution in [0, 0.1) is 0 Å². The Hall–Kier alpha value is -1.65. The molecule has 1 N–H and O–H groups in total. The third-order valence-corrected chi connectivity index (χ3v) is 4.03. The molecule has 2 atom stereocenters. The number of halogens is 1. The van der Waals surface area contributed by atoms with Crippen molar-refractivity contribution in [2.75, 3.05) is 6.61 Å². The molecule has 0 saturated carbocycles. The van der Waals surface area contributed by atoms with Crippen LogP contribution >= 0.6 is 11.6 Å². The van der Waals surface area contributed by atoms with Gasteiger partial charge in [-0.25, -0.2) is 4.98 Å². The van der Waals surface area contributed by atoms with Crippen molar-refractivity contribution >= 4 is 28.3 Å². The minimum atomic E-state index is -0.179. The van der Waals surface area contributed by atoms with Crippen molar-refractivity contribution in [2.24, 2.45) is 0 Å². The number of rotatable bonds is 2. The number of nitrogens with one attached hydrogen (secondary N) is 1. The Morgan fingerprint density at radius 1 is 1.43 bits per heavy atom. The van der Waals surface area contributed by atoms with Crippen LogP contribution in [0.1, 0.15) is 30.3 Å². The van der Waals surface area contributed by atoms with Gasteiger partial charge in [-0.1, -0.05) is 35.9 Å². The van der Waals surface area contributed by atoms with Gasteiger partial charge in [-0.05, 0) is 31.2 Å². The maximum Gasteiger partial charge on any atom is 0.270 e. The normalized spacial score (nSPS) is 22.2. The highest BCUT2D eigenvalue weighted by molar-refractivity contribution is 6.34. The zero-order valence-corrected chi connectivity index (χ0v) is 12.6. The van der Waals surface area contributed by atoms with Crippen LogP contribution in [-0.2, 0) is 4.74 Å². The molecule has 1 aliphatic heterocycles. The number of nitrogens with zero attached hydrogens (tertiary/aromatic N) is 1. The zero-order valence-electron chi connectivity index (χ0n) is 11.8. The molecular weight excluding hydrogens is 288 g/mol. The predicted octanol–water partition coefficient (Wildman–Crippen LogP) is 3.19. The van der Waals surface area contributed by atoms with E-state index in [1.54, 1.807) is 6.07 Å². The van der Waals surface area contributed by atoms with Gasteiger partial charge in [0.05, 0.1) is 6.10 Å². The second-order valence-corrected chi connectivity index (χ2v) is 5.75. The van der Waals surface area contributed by atoms with Gasteiger partial charge in [-0.15, -0.1) is 0 Å². The van der Waals surface area contributed by atoms with Crippen LogP contribution in [0.15, 0.2) is 30.3 Å². The third-order valence-electron chi connectivity index (χ3n) is 3.75. The average molecular weight is 305 g/mol. The lowest BCUT2D eigenvalue weighted by Gasteiger charge is -2.27. The summed E-state index contributed by atoms with van der Waals surface area (Å²) >= 11 is 6.16. The van der Waals surface area contributed by atoms with Gasteiger partial charge in [0.25, 0.3) is 5.91 Å². The summed E-state index contributed by atoms with van der Waals surface area (Å²) in [5.74, 6) is -0.179. The highest BCUT2D eigenvalue weighted by atomic mass is 35.5. The van der Waals surface area contributed by atoms with E-state index in [2.05, 4.69) is 10.3 Å². The first kappa shape index (κ1) is 14.3. The third kappa shape index (κ3) is 3.17. The fraction of sp³-hybridized carbons (Fsp3) is 0.375. The van der Waals surface area contributed by atoms with Crippen LogP contribution < -0.4 is 5.32 Å². The quantitative estimate of drug-likeness (QED) is 0.867. The van der Waals surface area contributed by atoms with E-state index in [1.165, 1.54) is 0 Å². The molecule has 1 amide bonds. The van der Waals surface area contributed by atoms with Crippen molar-refractivity contribution in [2.45, 2.75) is 31.9 Å². The minimum Gasteiger partial charge on any atom is -0.378 e. The van der Waals surface area contributed by atoms with Crippen LogP contribution in [0.2, 0.25) is 5.15 Å². The predicted molar refractivity (Wildman–Crippen MR) is 82.7 cm³/mol. The summed E-state index contributed by atoms with van der Waals surface area (Å²) in [6.07, 6.45) is 1.84. The van der Waals surface area contributed by atoms with E-state index in [-0.39, 0.29) is 18.1 Å². The van der Waals surface area contributed by atoms with E-state index < -0.39 is 0 Å². The molecule has 4 nitrogen and oxygen atoms in total. The molecule has 5 heteroatoms. The molecule has 21 heavy (non-hydrogen) atoms. The highest BCUT2D eigenvalue weighted by Gasteiger charge is 2.22.